The number of nitrogens with two attached hydrogens (primary N) is 1. The number of nitrogens with zero attached hydrogens (tertiary/aromatic N) is 1. The van der Waals surface area contributed by atoms with Gasteiger partial charge in [0.05, 0.1) is 11.2 Å². The van der Waals surface area contributed by atoms with Crippen LogP contribution in [0.2, 0.25) is 0 Å². The van der Waals surface area contributed by atoms with E-state index in [2.05, 4.69) is 25.8 Å². The Kier molecular flexibility index (Phi) is 3.53. The molecule has 2 aromatic rings. The Labute approximate surface area is 108 Å². The molecule has 0 amide bonds. The number of hydrogen-bond acceptors (Lipinski definition) is 3. The highest BCUT2D eigenvalue weighted by Gasteiger charge is 2.18. The predicted octanol–water partition coefficient (Wildman–Crippen LogP) is 3.26. The molecule has 0 unspecified atom stereocenters. The summed E-state index contributed by atoms with van der Waals surface area (Å²) in [5.74, 6) is 0.868. The third-order valence-corrected chi connectivity index (χ3v) is 3.18. The fraction of sp³-hybridized carbons (Fsp3) is 0.400. The summed E-state index contributed by atoms with van der Waals surface area (Å²) in [4.78, 5) is 4.51. The number of ether oxygens (including phenoxy) is 1. The monoisotopic (exact) mass is 244 g/mol. The van der Waals surface area contributed by atoms with Gasteiger partial charge in [0.1, 0.15) is 11.4 Å². The van der Waals surface area contributed by atoms with Gasteiger partial charge in [-0.25, -0.2) is 0 Å². The maximum atomic E-state index is 6.11. The van der Waals surface area contributed by atoms with Crippen molar-refractivity contribution >= 4 is 10.9 Å². The standard InChI is InChI=1S/C15H20N2O/c1-4-15(2,3)18-14-9-11(10-16)17-13-8-6-5-7-12(13)14/h5-9H,4,10,16H2,1-3H3. The normalized spacial score (nSPS) is 11.8. The zero-order chi connectivity index (χ0) is 13.2. The quantitative estimate of drug-likeness (QED) is 0.898. The van der Waals surface area contributed by atoms with Crippen LogP contribution in [0.4, 0.5) is 0 Å². The molecule has 0 aliphatic carbocycles. The van der Waals surface area contributed by atoms with Crippen LogP contribution in [0.15, 0.2) is 30.3 Å². The van der Waals surface area contributed by atoms with E-state index in [0.29, 0.717) is 6.54 Å². The fourth-order valence-corrected chi connectivity index (χ4v) is 1.75. The van der Waals surface area contributed by atoms with E-state index >= 15 is 0 Å². The van der Waals surface area contributed by atoms with Crippen molar-refractivity contribution in [3.63, 3.8) is 0 Å². The second-order valence-electron chi connectivity index (χ2n) is 5.05. The average molecular weight is 244 g/mol. The summed E-state index contributed by atoms with van der Waals surface area (Å²) in [6.45, 7) is 6.72. The number of fused-ring (bicyclic) bond motifs is 1. The summed E-state index contributed by atoms with van der Waals surface area (Å²) in [7, 11) is 0. The van der Waals surface area contributed by atoms with Crippen LogP contribution in [0, 0.1) is 0 Å². The first kappa shape index (κ1) is 12.8. The molecule has 2 N–H and O–H groups in total. The SMILES string of the molecule is CCC(C)(C)Oc1cc(CN)nc2ccccc12. The lowest BCUT2D eigenvalue weighted by atomic mass is 10.1. The molecule has 2 rings (SSSR count). The van der Waals surface area contributed by atoms with Gasteiger partial charge in [0.15, 0.2) is 0 Å². The lowest BCUT2D eigenvalue weighted by molar-refractivity contribution is 0.107. The van der Waals surface area contributed by atoms with Crippen LogP contribution in [0.1, 0.15) is 32.9 Å². The molecule has 0 radical (unpaired) electrons. The van der Waals surface area contributed by atoms with E-state index in [-0.39, 0.29) is 5.60 Å². The second kappa shape index (κ2) is 4.94. The van der Waals surface area contributed by atoms with Gasteiger partial charge in [-0.15, -0.1) is 0 Å². The summed E-state index contributed by atoms with van der Waals surface area (Å²) in [5.41, 5.74) is 7.29. The van der Waals surface area contributed by atoms with Crippen molar-refractivity contribution < 1.29 is 4.74 Å². The van der Waals surface area contributed by atoms with E-state index in [4.69, 9.17) is 10.5 Å². The number of rotatable bonds is 4. The molecule has 0 saturated heterocycles. The summed E-state index contributed by atoms with van der Waals surface area (Å²) in [5, 5.41) is 1.04. The molecule has 0 atom stereocenters. The first-order valence-electron chi connectivity index (χ1n) is 6.33. The minimum Gasteiger partial charge on any atom is -0.487 e. The lowest BCUT2D eigenvalue weighted by Gasteiger charge is -2.26. The Balaban J connectivity index is 2.53. The fourth-order valence-electron chi connectivity index (χ4n) is 1.75. The van der Waals surface area contributed by atoms with Gasteiger partial charge in [0, 0.05) is 18.0 Å². The molecule has 0 spiro atoms. The molecule has 3 nitrogen and oxygen atoms in total. The van der Waals surface area contributed by atoms with Gasteiger partial charge in [0.2, 0.25) is 0 Å². The molecule has 0 bridgehead atoms. The first-order valence-corrected chi connectivity index (χ1v) is 6.33. The molecular weight excluding hydrogens is 224 g/mol. The van der Waals surface area contributed by atoms with Gasteiger partial charge >= 0.3 is 0 Å². The third kappa shape index (κ3) is 2.62. The summed E-state index contributed by atoms with van der Waals surface area (Å²) >= 11 is 0. The van der Waals surface area contributed by atoms with Gasteiger partial charge in [-0.3, -0.25) is 4.98 Å². The molecule has 96 valence electrons. The maximum Gasteiger partial charge on any atom is 0.131 e. The van der Waals surface area contributed by atoms with Crippen LogP contribution < -0.4 is 10.5 Å². The van der Waals surface area contributed by atoms with Crippen molar-refractivity contribution in [1.29, 1.82) is 0 Å². The van der Waals surface area contributed by atoms with Crippen molar-refractivity contribution in [2.75, 3.05) is 0 Å². The number of pyridine rings is 1. The Hall–Kier alpha value is -1.61. The van der Waals surface area contributed by atoms with Crippen LogP contribution in [0.5, 0.6) is 5.75 Å². The van der Waals surface area contributed by atoms with E-state index < -0.39 is 0 Å². The van der Waals surface area contributed by atoms with Gasteiger partial charge in [-0.05, 0) is 32.4 Å². The summed E-state index contributed by atoms with van der Waals surface area (Å²) < 4.78 is 6.11. The van der Waals surface area contributed by atoms with Gasteiger partial charge < -0.3 is 10.5 Å². The Morgan fingerprint density at radius 1 is 1.28 bits per heavy atom. The van der Waals surface area contributed by atoms with Gasteiger partial charge in [-0.2, -0.15) is 0 Å². The Morgan fingerprint density at radius 2 is 2.00 bits per heavy atom. The number of para-hydroxylation sites is 1. The highest BCUT2D eigenvalue weighted by molar-refractivity contribution is 5.85. The average Bonchev–Trinajstić information content (AvgIpc) is 2.38. The summed E-state index contributed by atoms with van der Waals surface area (Å²) in [6, 6.07) is 9.94. The number of aromatic nitrogens is 1. The topological polar surface area (TPSA) is 48.1 Å². The van der Waals surface area contributed by atoms with Gasteiger partial charge in [-0.1, -0.05) is 19.1 Å². The van der Waals surface area contributed by atoms with Crippen LogP contribution in [-0.4, -0.2) is 10.6 Å². The van der Waals surface area contributed by atoms with Crippen molar-refractivity contribution in [2.24, 2.45) is 5.73 Å². The van der Waals surface area contributed by atoms with E-state index in [0.717, 1.165) is 28.8 Å². The molecule has 3 heteroatoms. The molecular formula is C15H20N2O. The third-order valence-electron chi connectivity index (χ3n) is 3.18. The highest BCUT2D eigenvalue weighted by atomic mass is 16.5. The van der Waals surface area contributed by atoms with Crippen LogP contribution in [0.3, 0.4) is 0 Å². The van der Waals surface area contributed by atoms with Crippen molar-refractivity contribution in [3.8, 4) is 5.75 Å². The minimum absolute atomic E-state index is 0.185. The second-order valence-corrected chi connectivity index (χ2v) is 5.05. The van der Waals surface area contributed by atoms with Crippen LogP contribution in [-0.2, 0) is 6.54 Å². The molecule has 0 aliphatic heterocycles. The van der Waals surface area contributed by atoms with Crippen LogP contribution in [0.25, 0.3) is 10.9 Å². The van der Waals surface area contributed by atoms with Crippen molar-refractivity contribution in [2.45, 2.75) is 39.3 Å². The van der Waals surface area contributed by atoms with Crippen molar-refractivity contribution in [1.82, 2.24) is 4.98 Å². The molecule has 18 heavy (non-hydrogen) atoms. The highest BCUT2D eigenvalue weighted by Crippen LogP contribution is 2.29. The molecule has 1 aromatic carbocycles. The molecule has 1 heterocycles. The maximum absolute atomic E-state index is 6.11. The van der Waals surface area contributed by atoms with E-state index in [1.54, 1.807) is 0 Å². The lowest BCUT2D eigenvalue weighted by Crippen LogP contribution is -2.27. The largest absolute Gasteiger partial charge is 0.487 e. The van der Waals surface area contributed by atoms with E-state index in [1.165, 1.54) is 0 Å². The predicted molar refractivity (Wildman–Crippen MR) is 74.6 cm³/mol. The zero-order valence-corrected chi connectivity index (χ0v) is 11.2. The first-order chi connectivity index (χ1) is 8.55. The summed E-state index contributed by atoms with van der Waals surface area (Å²) in [6.07, 6.45) is 0.946. The molecule has 0 saturated carbocycles. The Morgan fingerprint density at radius 3 is 2.67 bits per heavy atom. The molecule has 1 aromatic heterocycles. The minimum atomic E-state index is -0.185. The van der Waals surface area contributed by atoms with E-state index in [1.807, 2.05) is 30.3 Å². The molecule has 0 aliphatic rings. The zero-order valence-electron chi connectivity index (χ0n) is 11.2. The smallest absolute Gasteiger partial charge is 0.131 e. The van der Waals surface area contributed by atoms with Crippen molar-refractivity contribution in [3.05, 3.63) is 36.0 Å². The van der Waals surface area contributed by atoms with E-state index in [9.17, 15) is 0 Å². The Bertz CT molecular complexity index is 549. The molecule has 0 fully saturated rings. The van der Waals surface area contributed by atoms with Crippen LogP contribution >= 0.6 is 0 Å². The van der Waals surface area contributed by atoms with Gasteiger partial charge in [0.25, 0.3) is 0 Å². The number of benzene rings is 1. The number of hydrogen-bond donors (Lipinski definition) is 1.